The van der Waals surface area contributed by atoms with Crippen molar-refractivity contribution in [2.45, 2.75) is 20.1 Å². The van der Waals surface area contributed by atoms with Crippen LogP contribution in [-0.2, 0) is 20.2 Å². The lowest BCUT2D eigenvalue weighted by atomic mass is 10.2. The average molecular weight is 275 g/mol. The quantitative estimate of drug-likeness (QED) is 0.876. The molecule has 0 amide bonds. The van der Waals surface area contributed by atoms with E-state index in [1.165, 1.54) is 0 Å². The van der Waals surface area contributed by atoms with Gasteiger partial charge in [-0.3, -0.25) is 4.68 Å². The van der Waals surface area contributed by atoms with E-state index in [1.54, 1.807) is 7.11 Å². The van der Waals surface area contributed by atoms with E-state index in [4.69, 9.17) is 9.47 Å². The van der Waals surface area contributed by atoms with Crippen molar-refractivity contribution < 1.29 is 9.47 Å². The van der Waals surface area contributed by atoms with Crippen molar-refractivity contribution in [1.82, 2.24) is 15.1 Å². The number of nitrogens with one attached hydrogen (secondary N) is 1. The Bertz CT molecular complexity index is 578. The van der Waals surface area contributed by atoms with Gasteiger partial charge in [-0.25, -0.2) is 0 Å². The standard InChI is InChI=1S/C15H21N3O2/c1-11-8-13(18(3)17-11)10-20-15-12(9-16-2)6-5-7-14(15)19-4/h5-8,16H,9-10H2,1-4H3. The first kappa shape index (κ1) is 14.4. The summed E-state index contributed by atoms with van der Waals surface area (Å²) in [6.45, 7) is 3.17. The van der Waals surface area contributed by atoms with Gasteiger partial charge in [-0.2, -0.15) is 5.10 Å². The monoisotopic (exact) mass is 275 g/mol. The van der Waals surface area contributed by atoms with Crippen molar-refractivity contribution in [1.29, 1.82) is 0 Å². The van der Waals surface area contributed by atoms with Crippen LogP contribution in [0.2, 0.25) is 0 Å². The SMILES string of the molecule is CNCc1cccc(OC)c1OCc1cc(C)nn1C. The maximum Gasteiger partial charge on any atom is 0.166 e. The molecule has 1 N–H and O–H groups in total. The summed E-state index contributed by atoms with van der Waals surface area (Å²) >= 11 is 0. The number of rotatable bonds is 6. The van der Waals surface area contributed by atoms with Gasteiger partial charge in [0.1, 0.15) is 6.61 Å². The summed E-state index contributed by atoms with van der Waals surface area (Å²) in [5.41, 5.74) is 3.09. The normalized spacial score (nSPS) is 10.6. The van der Waals surface area contributed by atoms with Gasteiger partial charge in [0.15, 0.2) is 11.5 Å². The minimum atomic E-state index is 0.467. The van der Waals surface area contributed by atoms with Crippen LogP contribution < -0.4 is 14.8 Å². The molecule has 0 fully saturated rings. The fourth-order valence-corrected chi connectivity index (χ4v) is 2.16. The number of nitrogens with zero attached hydrogens (tertiary/aromatic N) is 2. The molecule has 2 aromatic rings. The first-order valence-electron chi connectivity index (χ1n) is 6.58. The molecule has 1 aromatic heterocycles. The Balaban J connectivity index is 2.21. The third-order valence-corrected chi connectivity index (χ3v) is 3.11. The van der Waals surface area contributed by atoms with Gasteiger partial charge in [0.2, 0.25) is 0 Å². The summed E-state index contributed by atoms with van der Waals surface area (Å²) in [6, 6.07) is 7.92. The lowest BCUT2D eigenvalue weighted by molar-refractivity contribution is 0.272. The van der Waals surface area contributed by atoms with Crippen molar-refractivity contribution in [2.75, 3.05) is 14.2 Å². The highest BCUT2D eigenvalue weighted by molar-refractivity contribution is 5.46. The Morgan fingerprint density at radius 1 is 1.35 bits per heavy atom. The smallest absolute Gasteiger partial charge is 0.166 e. The number of benzene rings is 1. The highest BCUT2D eigenvalue weighted by atomic mass is 16.5. The second-order valence-corrected chi connectivity index (χ2v) is 4.67. The molecule has 2 rings (SSSR count). The van der Waals surface area contributed by atoms with E-state index in [-0.39, 0.29) is 0 Å². The van der Waals surface area contributed by atoms with E-state index in [0.717, 1.165) is 35.0 Å². The van der Waals surface area contributed by atoms with Crippen LogP contribution in [0.3, 0.4) is 0 Å². The fraction of sp³-hybridized carbons (Fsp3) is 0.400. The van der Waals surface area contributed by atoms with Crippen LogP contribution in [0.5, 0.6) is 11.5 Å². The van der Waals surface area contributed by atoms with Crippen molar-refractivity contribution in [2.24, 2.45) is 7.05 Å². The highest BCUT2D eigenvalue weighted by Gasteiger charge is 2.11. The lowest BCUT2D eigenvalue weighted by Crippen LogP contribution is -2.09. The van der Waals surface area contributed by atoms with E-state index < -0.39 is 0 Å². The number of ether oxygens (including phenoxy) is 2. The van der Waals surface area contributed by atoms with Gasteiger partial charge < -0.3 is 14.8 Å². The summed E-state index contributed by atoms with van der Waals surface area (Å²) in [5.74, 6) is 1.53. The third kappa shape index (κ3) is 3.11. The van der Waals surface area contributed by atoms with Crippen molar-refractivity contribution in [3.05, 3.63) is 41.2 Å². The Morgan fingerprint density at radius 2 is 2.15 bits per heavy atom. The van der Waals surface area contributed by atoms with E-state index in [2.05, 4.69) is 10.4 Å². The summed E-state index contributed by atoms with van der Waals surface area (Å²) in [4.78, 5) is 0. The van der Waals surface area contributed by atoms with Crippen molar-refractivity contribution >= 4 is 0 Å². The van der Waals surface area contributed by atoms with Crippen molar-refractivity contribution in [3.8, 4) is 11.5 Å². The average Bonchev–Trinajstić information content (AvgIpc) is 2.75. The summed E-state index contributed by atoms with van der Waals surface area (Å²) in [6.07, 6.45) is 0. The van der Waals surface area contributed by atoms with Crippen LogP contribution >= 0.6 is 0 Å². The third-order valence-electron chi connectivity index (χ3n) is 3.11. The molecule has 0 atom stereocenters. The van der Waals surface area contributed by atoms with Crippen LogP contribution in [0.1, 0.15) is 17.0 Å². The molecule has 20 heavy (non-hydrogen) atoms. The number of methoxy groups -OCH3 is 1. The molecule has 1 aromatic carbocycles. The summed E-state index contributed by atoms with van der Waals surface area (Å²) in [5, 5.41) is 7.45. The second kappa shape index (κ2) is 6.43. The Morgan fingerprint density at radius 3 is 2.75 bits per heavy atom. The van der Waals surface area contributed by atoms with Crippen LogP contribution in [0, 0.1) is 6.92 Å². The molecule has 0 radical (unpaired) electrons. The zero-order valence-corrected chi connectivity index (χ0v) is 12.4. The molecule has 0 unspecified atom stereocenters. The molecule has 5 nitrogen and oxygen atoms in total. The van der Waals surface area contributed by atoms with Gasteiger partial charge in [-0.1, -0.05) is 12.1 Å². The molecule has 1 heterocycles. The fourth-order valence-electron chi connectivity index (χ4n) is 2.16. The number of aromatic nitrogens is 2. The first-order valence-corrected chi connectivity index (χ1v) is 6.58. The molecule has 0 spiro atoms. The number of hydrogen-bond donors (Lipinski definition) is 1. The van der Waals surface area contributed by atoms with E-state index in [1.807, 2.05) is 50.0 Å². The summed E-state index contributed by atoms with van der Waals surface area (Å²) in [7, 11) is 5.48. The molecule has 0 bridgehead atoms. The van der Waals surface area contributed by atoms with Crippen LogP contribution in [0.4, 0.5) is 0 Å². The zero-order chi connectivity index (χ0) is 14.5. The number of para-hydroxylation sites is 1. The Kier molecular flexibility index (Phi) is 4.63. The minimum absolute atomic E-state index is 0.467. The van der Waals surface area contributed by atoms with Crippen molar-refractivity contribution in [3.63, 3.8) is 0 Å². The molecular formula is C15H21N3O2. The maximum atomic E-state index is 5.97. The molecular weight excluding hydrogens is 254 g/mol. The Labute approximate surface area is 119 Å². The molecule has 0 aliphatic heterocycles. The van der Waals surface area contributed by atoms with Gasteiger partial charge in [-0.15, -0.1) is 0 Å². The van der Waals surface area contributed by atoms with Gasteiger partial charge in [0, 0.05) is 19.2 Å². The first-order chi connectivity index (χ1) is 9.65. The molecule has 108 valence electrons. The lowest BCUT2D eigenvalue weighted by Gasteiger charge is -2.15. The van der Waals surface area contributed by atoms with Crippen LogP contribution in [0.15, 0.2) is 24.3 Å². The molecule has 0 saturated carbocycles. The minimum Gasteiger partial charge on any atom is -0.493 e. The molecule has 5 heteroatoms. The predicted molar refractivity (Wildman–Crippen MR) is 78.0 cm³/mol. The summed E-state index contributed by atoms with van der Waals surface area (Å²) < 4.78 is 13.2. The van der Waals surface area contributed by atoms with Crippen LogP contribution in [0.25, 0.3) is 0 Å². The van der Waals surface area contributed by atoms with E-state index in [9.17, 15) is 0 Å². The number of hydrogen-bond acceptors (Lipinski definition) is 4. The molecule has 0 aliphatic carbocycles. The Hall–Kier alpha value is -2.01. The second-order valence-electron chi connectivity index (χ2n) is 4.67. The molecule has 0 saturated heterocycles. The van der Waals surface area contributed by atoms with E-state index in [0.29, 0.717) is 6.61 Å². The van der Waals surface area contributed by atoms with E-state index >= 15 is 0 Å². The topological polar surface area (TPSA) is 48.3 Å². The predicted octanol–water partition coefficient (Wildman–Crippen LogP) is 2.04. The maximum absolute atomic E-state index is 5.97. The highest BCUT2D eigenvalue weighted by Crippen LogP contribution is 2.31. The molecule has 0 aliphatic rings. The number of aryl methyl sites for hydroxylation is 2. The van der Waals surface area contributed by atoms with Gasteiger partial charge >= 0.3 is 0 Å². The van der Waals surface area contributed by atoms with Gasteiger partial charge in [0.25, 0.3) is 0 Å². The zero-order valence-electron chi connectivity index (χ0n) is 12.4. The van der Waals surface area contributed by atoms with Gasteiger partial charge in [0.05, 0.1) is 18.5 Å². The largest absolute Gasteiger partial charge is 0.493 e. The van der Waals surface area contributed by atoms with Crippen LogP contribution in [-0.4, -0.2) is 23.9 Å². The van der Waals surface area contributed by atoms with Gasteiger partial charge in [-0.05, 0) is 26.1 Å².